The number of nitrogens with two attached hydrogens (primary N) is 2. The van der Waals surface area contributed by atoms with E-state index in [9.17, 15) is 0 Å². The molecule has 0 aliphatic rings. The fraction of sp³-hybridized carbons (Fsp3) is 0.778. The molecule has 0 fully saturated rings. The van der Waals surface area contributed by atoms with Crippen molar-refractivity contribution >= 4 is 11.9 Å². The third-order valence-corrected chi connectivity index (χ3v) is 1.70. The zero-order chi connectivity index (χ0) is 14.6. The highest BCUT2D eigenvalue weighted by molar-refractivity contribution is 5.93. The number of guanidine groups is 2. The maximum Gasteiger partial charge on any atom is 0.291 e. The molecule has 0 aliphatic carbocycles. The summed E-state index contributed by atoms with van der Waals surface area (Å²) in [6.07, 6.45) is 2.11. The molecule has 0 bridgehead atoms. The third kappa shape index (κ3) is 12.0. The third-order valence-electron chi connectivity index (χ3n) is 1.70. The summed E-state index contributed by atoms with van der Waals surface area (Å²) in [5.41, 5.74) is 10.6. The lowest BCUT2D eigenvalue weighted by molar-refractivity contribution is -0.742. The number of hydrogen-bond acceptors (Lipinski definition) is 3. The summed E-state index contributed by atoms with van der Waals surface area (Å²) in [7, 11) is 1.69. The van der Waals surface area contributed by atoms with Crippen LogP contribution < -0.4 is 11.5 Å². The molecule has 0 saturated carbocycles. The van der Waals surface area contributed by atoms with Crippen molar-refractivity contribution < 1.29 is 10.3 Å². The van der Waals surface area contributed by atoms with E-state index >= 15 is 0 Å². The molecule has 0 radical (unpaired) electrons. The lowest BCUT2D eigenvalue weighted by Gasteiger charge is -2.21. The largest absolute Gasteiger partial charge is 0.370 e. The first kappa shape index (κ1) is 18.3. The standard InChI is InChI=1S/C9H21N5.HNO3/c1-4-6-14(7-5-2)9(12-3)13-8(10)11;2-1(3)4/h4-7H2,1-3H3,(H4,10,11,12,13);(H,2,3,4). The molecule has 18 heavy (non-hydrogen) atoms. The van der Waals surface area contributed by atoms with E-state index in [4.69, 9.17) is 26.8 Å². The molecule has 9 heteroatoms. The zero-order valence-corrected chi connectivity index (χ0v) is 11.0. The normalized spacial score (nSPS) is 10.1. The van der Waals surface area contributed by atoms with Crippen molar-refractivity contribution in [2.75, 3.05) is 20.1 Å². The van der Waals surface area contributed by atoms with E-state index in [0.717, 1.165) is 25.9 Å². The van der Waals surface area contributed by atoms with Gasteiger partial charge >= 0.3 is 0 Å². The highest BCUT2D eigenvalue weighted by Gasteiger charge is 2.07. The Morgan fingerprint density at radius 2 is 1.72 bits per heavy atom. The number of rotatable bonds is 4. The average Bonchev–Trinajstić information content (AvgIpc) is 2.24. The average molecular weight is 262 g/mol. The lowest BCUT2D eigenvalue weighted by Crippen LogP contribution is -2.34. The van der Waals surface area contributed by atoms with Crippen molar-refractivity contribution in [2.24, 2.45) is 21.5 Å². The highest BCUT2D eigenvalue weighted by Crippen LogP contribution is 1.97. The Morgan fingerprint density at radius 1 is 1.33 bits per heavy atom. The molecule has 0 aromatic rings. The smallest absolute Gasteiger partial charge is 0.291 e. The minimum Gasteiger partial charge on any atom is -0.370 e. The SMILES string of the molecule is CCCN(CCC)C(N=C(N)N)=NC.O=[N+]([O-])O. The van der Waals surface area contributed by atoms with E-state index in [1.165, 1.54) is 0 Å². The molecule has 0 spiro atoms. The van der Waals surface area contributed by atoms with Crippen molar-refractivity contribution in [3.8, 4) is 0 Å². The molecule has 0 heterocycles. The van der Waals surface area contributed by atoms with E-state index in [1.807, 2.05) is 0 Å². The van der Waals surface area contributed by atoms with Crippen molar-refractivity contribution in [1.82, 2.24) is 4.90 Å². The van der Waals surface area contributed by atoms with Gasteiger partial charge in [0.1, 0.15) is 0 Å². The summed E-state index contributed by atoms with van der Waals surface area (Å²) in [6.45, 7) is 6.09. The van der Waals surface area contributed by atoms with Gasteiger partial charge in [-0.15, -0.1) is 10.1 Å². The van der Waals surface area contributed by atoms with Gasteiger partial charge in [0.15, 0.2) is 5.96 Å². The highest BCUT2D eigenvalue weighted by atomic mass is 16.9. The Morgan fingerprint density at radius 3 is 1.94 bits per heavy atom. The van der Waals surface area contributed by atoms with Crippen LogP contribution in [-0.4, -0.2) is 47.3 Å². The second kappa shape index (κ2) is 11.4. The summed E-state index contributed by atoms with van der Waals surface area (Å²) in [5, 5.41) is 13.6. The van der Waals surface area contributed by atoms with Crippen molar-refractivity contribution in [3.05, 3.63) is 10.1 Å². The predicted molar refractivity (Wildman–Crippen MR) is 70.1 cm³/mol. The maximum atomic E-state index is 8.36. The first-order valence-corrected chi connectivity index (χ1v) is 5.53. The molecule has 0 aliphatic heterocycles. The Hall–Kier alpha value is -2.06. The quantitative estimate of drug-likeness (QED) is 0.282. The van der Waals surface area contributed by atoms with Gasteiger partial charge in [0.05, 0.1) is 0 Å². The van der Waals surface area contributed by atoms with Gasteiger partial charge < -0.3 is 21.6 Å². The fourth-order valence-electron chi connectivity index (χ4n) is 1.23. The van der Waals surface area contributed by atoms with Crippen LogP contribution in [0.2, 0.25) is 0 Å². The van der Waals surface area contributed by atoms with Gasteiger partial charge in [0, 0.05) is 20.1 Å². The van der Waals surface area contributed by atoms with Crippen molar-refractivity contribution in [1.29, 1.82) is 0 Å². The first-order valence-electron chi connectivity index (χ1n) is 5.53. The van der Waals surface area contributed by atoms with E-state index in [2.05, 4.69) is 28.7 Å². The molecular weight excluding hydrogens is 240 g/mol. The minimum absolute atomic E-state index is 0.0582. The van der Waals surface area contributed by atoms with E-state index in [-0.39, 0.29) is 5.96 Å². The second-order valence-electron chi connectivity index (χ2n) is 3.29. The molecule has 0 unspecified atom stereocenters. The maximum absolute atomic E-state index is 8.36. The van der Waals surface area contributed by atoms with Crippen LogP contribution in [0, 0.1) is 10.1 Å². The molecule has 0 saturated heterocycles. The summed E-state index contributed by atoms with van der Waals surface area (Å²) >= 11 is 0. The Kier molecular flexibility index (Phi) is 11.6. The molecule has 9 nitrogen and oxygen atoms in total. The van der Waals surface area contributed by atoms with E-state index in [1.54, 1.807) is 7.05 Å². The van der Waals surface area contributed by atoms with Crippen LogP contribution in [-0.2, 0) is 0 Å². The lowest BCUT2D eigenvalue weighted by atomic mass is 10.4. The van der Waals surface area contributed by atoms with Gasteiger partial charge in [0.2, 0.25) is 5.96 Å². The molecule has 106 valence electrons. The molecule has 0 amide bonds. The minimum atomic E-state index is -1.50. The predicted octanol–water partition coefficient (Wildman–Crippen LogP) is 0.0199. The van der Waals surface area contributed by atoms with Crippen molar-refractivity contribution in [2.45, 2.75) is 26.7 Å². The van der Waals surface area contributed by atoms with Crippen LogP contribution in [0.15, 0.2) is 9.98 Å². The fourth-order valence-corrected chi connectivity index (χ4v) is 1.23. The molecular formula is C9H22N6O3. The summed E-state index contributed by atoms with van der Waals surface area (Å²) in [6, 6.07) is 0. The van der Waals surface area contributed by atoms with Crippen LogP contribution in [0.3, 0.4) is 0 Å². The van der Waals surface area contributed by atoms with Gasteiger partial charge in [-0.1, -0.05) is 13.8 Å². The zero-order valence-electron chi connectivity index (χ0n) is 11.0. The van der Waals surface area contributed by atoms with Gasteiger partial charge in [-0.3, -0.25) is 4.99 Å². The monoisotopic (exact) mass is 262 g/mol. The number of hydrogen-bond donors (Lipinski definition) is 3. The first-order chi connectivity index (χ1) is 8.38. The van der Waals surface area contributed by atoms with Gasteiger partial charge in [-0.25, -0.2) is 0 Å². The Balaban J connectivity index is 0. The molecule has 5 N–H and O–H groups in total. The second-order valence-corrected chi connectivity index (χ2v) is 3.29. The molecule has 0 atom stereocenters. The van der Waals surface area contributed by atoms with Crippen LogP contribution in [0.1, 0.15) is 26.7 Å². The summed E-state index contributed by atoms with van der Waals surface area (Å²) in [5.74, 6) is 0.677. The van der Waals surface area contributed by atoms with Crippen LogP contribution in [0.25, 0.3) is 0 Å². The van der Waals surface area contributed by atoms with Crippen LogP contribution >= 0.6 is 0 Å². The van der Waals surface area contributed by atoms with Crippen LogP contribution in [0.5, 0.6) is 0 Å². The topological polar surface area (TPSA) is 143 Å². The van der Waals surface area contributed by atoms with E-state index in [0.29, 0.717) is 5.96 Å². The van der Waals surface area contributed by atoms with Gasteiger partial charge in [-0.05, 0) is 12.8 Å². The van der Waals surface area contributed by atoms with Crippen molar-refractivity contribution in [3.63, 3.8) is 0 Å². The Labute approximate surface area is 106 Å². The van der Waals surface area contributed by atoms with Crippen LogP contribution in [0.4, 0.5) is 0 Å². The molecule has 0 aromatic heterocycles. The van der Waals surface area contributed by atoms with Gasteiger partial charge in [-0.2, -0.15) is 4.99 Å². The summed E-state index contributed by atoms with van der Waals surface area (Å²) < 4.78 is 0. The number of nitrogens with zero attached hydrogens (tertiary/aromatic N) is 4. The summed E-state index contributed by atoms with van der Waals surface area (Å²) in [4.78, 5) is 18.5. The van der Waals surface area contributed by atoms with E-state index < -0.39 is 5.09 Å². The molecule has 0 aromatic carbocycles. The Bertz CT molecular complexity index is 278. The van der Waals surface area contributed by atoms with Gasteiger partial charge in [0.25, 0.3) is 5.09 Å². The number of aliphatic imine (C=N–C) groups is 2. The molecule has 0 rings (SSSR count).